The number of aromatic nitrogens is 4. The monoisotopic (exact) mass is 260 g/mol. The van der Waals surface area contributed by atoms with Crippen molar-refractivity contribution >= 4 is 35.0 Å². The van der Waals surface area contributed by atoms with E-state index in [-0.39, 0.29) is 11.9 Å². The second kappa shape index (κ2) is 4.15. The maximum Gasteiger partial charge on any atom is 0.293 e. The molecule has 0 spiro atoms. The first-order valence-corrected chi connectivity index (χ1v) is 6.02. The number of carbonyl (C=O) groups is 1. The number of rotatable bonds is 2. The quantitative estimate of drug-likeness (QED) is 0.818. The molecular formula is C10H8N6OS. The van der Waals surface area contributed by atoms with Crippen molar-refractivity contribution in [2.75, 3.05) is 5.01 Å². The van der Waals surface area contributed by atoms with Crippen molar-refractivity contribution in [1.82, 2.24) is 20.6 Å². The highest BCUT2D eigenvalue weighted by molar-refractivity contribution is 7.10. The summed E-state index contributed by atoms with van der Waals surface area (Å²) in [5.74, 6) is -0.101. The number of carbonyl (C=O) groups excluding carboxylic acids is 1. The smallest absolute Gasteiger partial charge is 0.267 e. The van der Waals surface area contributed by atoms with Gasteiger partial charge in [0.25, 0.3) is 11.9 Å². The first-order valence-electron chi connectivity index (χ1n) is 5.14. The molecule has 3 rings (SSSR count). The van der Waals surface area contributed by atoms with E-state index in [1.165, 1.54) is 0 Å². The first kappa shape index (κ1) is 10.8. The van der Waals surface area contributed by atoms with E-state index in [1.807, 2.05) is 23.6 Å². The normalized spacial score (nSPS) is 17.6. The molecule has 90 valence electrons. The van der Waals surface area contributed by atoms with E-state index >= 15 is 0 Å². The summed E-state index contributed by atoms with van der Waals surface area (Å²) in [7, 11) is 0. The molecule has 7 nitrogen and oxygen atoms in total. The Morgan fingerprint density at radius 3 is 3.06 bits per heavy atom. The molecule has 1 aliphatic rings. The van der Waals surface area contributed by atoms with Crippen molar-refractivity contribution in [3.63, 3.8) is 0 Å². The second-order valence-corrected chi connectivity index (χ2v) is 4.57. The lowest BCUT2D eigenvalue weighted by atomic mass is 10.1. The number of hydrogen-bond acceptors (Lipinski definition) is 6. The molecule has 2 aromatic rings. The first-order chi connectivity index (χ1) is 8.75. The lowest BCUT2D eigenvalue weighted by Gasteiger charge is -2.03. The molecule has 0 atom stereocenters. The van der Waals surface area contributed by atoms with Crippen molar-refractivity contribution in [3.8, 4) is 0 Å². The number of amides is 1. The highest BCUT2D eigenvalue weighted by atomic mass is 32.1. The van der Waals surface area contributed by atoms with Crippen molar-refractivity contribution in [2.45, 2.75) is 6.92 Å². The lowest BCUT2D eigenvalue weighted by molar-refractivity contribution is -0.114. The summed E-state index contributed by atoms with van der Waals surface area (Å²) in [5, 5.41) is 20.4. The highest BCUT2D eigenvalue weighted by Crippen LogP contribution is 2.22. The number of tetrazole rings is 1. The molecule has 0 saturated heterocycles. The molecule has 0 radical (unpaired) electrons. The number of thiophene rings is 1. The van der Waals surface area contributed by atoms with Crippen LogP contribution in [0.15, 0.2) is 28.2 Å². The standard InChI is InChI=1S/C10H8N6OS/c1-6-8(5-7-3-2-4-18-7)9(17)16(13-6)10-11-14-15-12-10/h2-5H,1H3,(H,11,12,14,15). The maximum absolute atomic E-state index is 12.2. The fraction of sp³-hybridized carbons (Fsp3) is 0.100. The molecule has 2 aromatic heterocycles. The van der Waals surface area contributed by atoms with E-state index in [9.17, 15) is 4.79 Å². The Balaban J connectivity index is 1.96. The lowest BCUT2D eigenvalue weighted by Crippen LogP contribution is -2.22. The minimum absolute atomic E-state index is 0.147. The van der Waals surface area contributed by atoms with Crippen molar-refractivity contribution in [1.29, 1.82) is 0 Å². The van der Waals surface area contributed by atoms with Gasteiger partial charge in [-0.3, -0.25) is 4.79 Å². The zero-order chi connectivity index (χ0) is 12.5. The molecule has 1 aliphatic heterocycles. The maximum atomic E-state index is 12.2. The van der Waals surface area contributed by atoms with Gasteiger partial charge in [0.05, 0.1) is 11.3 Å². The van der Waals surface area contributed by atoms with E-state index in [0.717, 1.165) is 9.89 Å². The van der Waals surface area contributed by atoms with Crippen molar-refractivity contribution < 1.29 is 4.79 Å². The number of nitrogens with zero attached hydrogens (tertiary/aromatic N) is 5. The zero-order valence-electron chi connectivity index (χ0n) is 9.36. The SMILES string of the molecule is CC1=NN(c2nn[nH]n2)C(=O)C1=Cc1cccs1. The van der Waals surface area contributed by atoms with Crippen LogP contribution in [-0.2, 0) is 4.79 Å². The van der Waals surface area contributed by atoms with Crippen LogP contribution in [0.3, 0.4) is 0 Å². The molecule has 0 unspecified atom stereocenters. The predicted octanol–water partition coefficient (Wildman–Crippen LogP) is 1.07. The molecule has 0 aliphatic carbocycles. The third kappa shape index (κ3) is 1.72. The third-order valence-electron chi connectivity index (χ3n) is 2.42. The van der Waals surface area contributed by atoms with Gasteiger partial charge < -0.3 is 0 Å². The predicted molar refractivity (Wildman–Crippen MR) is 67.1 cm³/mol. The van der Waals surface area contributed by atoms with Crippen LogP contribution in [0.2, 0.25) is 0 Å². The number of hydrazone groups is 1. The molecule has 8 heteroatoms. The van der Waals surface area contributed by atoms with Gasteiger partial charge in [0.2, 0.25) is 0 Å². The number of H-pyrrole nitrogens is 1. The van der Waals surface area contributed by atoms with Crippen LogP contribution in [0, 0.1) is 0 Å². The van der Waals surface area contributed by atoms with Gasteiger partial charge in [-0.2, -0.15) is 15.3 Å². The minimum atomic E-state index is -0.248. The summed E-state index contributed by atoms with van der Waals surface area (Å²) in [5.41, 5.74) is 1.18. The van der Waals surface area contributed by atoms with Crippen LogP contribution in [-0.4, -0.2) is 32.2 Å². The van der Waals surface area contributed by atoms with Gasteiger partial charge in [0.1, 0.15) is 0 Å². The molecule has 1 N–H and O–H groups in total. The molecule has 1 amide bonds. The number of nitrogens with one attached hydrogen (secondary N) is 1. The molecule has 0 fully saturated rings. The second-order valence-electron chi connectivity index (χ2n) is 3.59. The van der Waals surface area contributed by atoms with Crippen LogP contribution in [0.1, 0.15) is 11.8 Å². The Labute approximate surface area is 106 Å². The van der Waals surface area contributed by atoms with E-state index in [0.29, 0.717) is 11.3 Å². The molecule has 0 aromatic carbocycles. The molecular weight excluding hydrogens is 252 g/mol. The molecule has 0 bridgehead atoms. The highest BCUT2D eigenvalue weighted by Gasteiger charge is 2.31. The fourth-order valence-corrected chi connectivity index (χ4v) is 2.24. The summed E-state index contributed by atoms with van der Waals surface area (Å²) in [6.45, 7) is 1.78. The van der Waals surface area contributed by atoms with Crippen molar-refractivity contribution in [3.05, 3.63) is 28.0 Å². The van der Waals surface area contributed by atoms with Crippen molar-refractivity contribution in [2.24, 2.45) is 5.10 Å². The molecule has 0 saturated carbocycles. The largest absolute Gasteiger partial charge is 0.293 e. The topological polar surface area (TPSA) is 87.1 Å². The average molecular weight is 260 g/mol. The zero-order valence-corrected chi connectivity index (χ0v) is 10.2. The minimum Gasteiger partial charge on any atom is -0.267 e. The van der Waals surface area contributed by atoms with Gasteiger partial charge in [-0.15, -0.1) is 16.4 Å². The summed E-state index contributed by atoms with van der Waals surface area (Å²) in [6, 6.07) is 3.87. The van der Waals surface area contributed by atoms with Crippen LogP contribution in [0.5, 0.6) is 0 Å². The van der Waals surface area contributed by atoms with Gasteiger partial charge in [-0.1, -0.05) is 11.2 Å². The Morgan fingerprint density at radius 1 is 1.50 bits per heavy atom. The summed E-state index contributed by atoms with van der Waals surface area (Å²) in [6.07, 6.45) is 1.81. The number of aromatic amines is 1. The average Bonchev–Trinajstić information content (AvgIpc) is 3.06. The Kier molecular flexibility index (Phi) is 2.49. The Morgan fingerprint density at radius 2 is 2.39 bits per heavy atom. The van der Waals surface area contributed by atoms with Gasteiger partial charge in [-0.05, 0) is 29.7 Å². The van der Waals surface area contributed by atoms with E-state index < -0.39 is 0 Å². The van der Waals surface area contributed by atoms with Crippen LogP contribution in [0.25, 0.3) is 6.08 Å². The summed E-state index contributed by atoms with van der Waals surface area (Å²) < 4.78 is 0. The number of anilines is 1. The van der Waals surface area contributed by atoms with Gasteiger partial charge >= 0.3 is 0 Å². The number of hydrogen-bond donors (Lipinski definition) is 1. The van der Waals surface area contributed by atoms with Gasteiger partial charge in [-0.25, -0.2) is 0 Å². The van der Waals surface area contributed by atoms with Gasteiger partial charge in [0, 0.05) is 4.88 Å². The molecule has 18 heavy (non-hydrogen) atoms. The Bertz CT molecular complexity index is 627. The van der Waals surface area contributed by atoms with E-state index in [4.69, 9.17) is 0 Å². The summed E-state index contributed by atoms with van der Waals surface area (Å²) >= 11 is 1.56. The van der Waals surface area contributed by atoms with Crippen LogP contribution in [0.4, 0.5) is 5.95 Å². The third-order valence-corrected chi connectivity index (χ3v) is 3.24. The van der Waals surface area contributed by atoms with Gasteiger partial charge in [0.15, 0.2) is 0 Å². The van der Waals surface area contributed by atoms with Crippen LogP contribution < -0.4 is 5.01 Å². The van der Waals surface area contributed by atoms with Crippen LogP contribution >= 0.6 is 11.3 Å². The fourth-order valence-electron chi connectivity index (χ4n) is 1.58. The Hall–Kier alpha value is -2.35. The summed E-state index contributed by atoms with van der Waals surface area (Å²) in [4.78, 5) is 13.2. The molecule has 3 heterocycles. The van der Waals surface area contributed by atoms with E-state index in [2.05, 4.69) is 25.7 Å². The van der Waals surface area contributed by atoms with E-state index in [1.54, 1.807) is 18.3 Å².